The number of hydrogen-bond donors (Lipinski definition) is 0. The lowest BCUT2D eigenvalue weighted by Gasteiger charge is -2.24. The predicted octanol–water partition coefficient (Wildman–Crippen LogP) is 2.86. The normalized spacial score (nSPS) is 12.2. The molecule has 0 heterocycles. The van der Waals surface area contributed by atoms with E-state index in [0.29, 0.717) is 5.75 Å². The topological polar surface area (TPSA) is 29.5 Å². The summed E-state index contributed by atoms with van der Waals surface area (Å²) in [6, 6.07) is 5.07. The third kappa shape index (κ3) is 2.94. The van der Waals surface area contributed by atoms with Gasteiger partial charge in [-0.1, -0.05) is 0 Å². The first kappa shape index (κ1) is 15.2. The number of rotatable bonds is 3. The van der Waals surface area contributed by atoms with Crippen molar-refractivity contribution in [1.82, 2.24) is 0 Å². The number of carbonyl (C=O) groups excluding carboxylic acids is 1. The van der Waals surface area contributed by atoms with Crippen LogP contribution in [-0.4, -0.2) is 32.2 Å². The second-order valence-electron chi connectivity index (χ2n) is 3.63. The van der Waals surface area contributed by atoms with Gasteiger partial charge in [-0.05, 0) is 24.3 Å². The number of nitrogens with zero attached hydrogens (tertiary/aromatic N) is 1. The Labute approximate surface area is 105 Å². The molecule has 0 atom stereocenters. The highest BCUT2D eigenvalue weighted by atomic mass is 19.4. The molecule has 0 aliphatic carbocycles. The molecule has 0 aromatic heterocycles. The van der Waals surface area contributed by atoms with Gasteiger partial charge in [0.15, 0.2) is 0 Å². The highest BCUT2D eigenvalue weighted by molar-refractivity contribution is 5.98. The lowest BCUT2D eigenvalue weighted by atomic mass is 10.2. The number of carbonyl (C=O) groups is 1. The van der Waals surface area contributed by atoms with Gasteiger partial charge in [-0.3, -0.25) is 4.79 Å². The molecule has 0 saturated carbocycles. The lowest BCUT2D eigenvalue weighted by Crippen LogP contribution is -2.51. The van der Waals surface area contributed by atoms with E-state index < -0.39 is 18.0 Å². The van der Waals surface area contributed by atoms with Crippen LogP contribution in [0.1, 0.15) is 0 Å². The van der Waals surface area contributed by atoms with E-state index in [4.69, 9.17) is 4.74 Å². The van der Waals surface area contributed by atoms with Crippen LogP contribution in [0.25, 0.3) is 0 Å². The van der Waals surface area contributed by atoms with Gasteiger partial charge in [0.25, 0.3) is 0 Å². The largest absolute Gasteiger partial charge is 0.497 e. The smallest absolute Gasteiger partial charge is 0.463 e. The van der Waals surface area contributed by atoms with Crippen LogP contribution >= 0.6 is 0 Å². The van der Waals surface area contributed by atoms with Crippen LogP contribution in [0.5, 0.6) is 5.75 Å². The second kappa shape index (κ2) is 5.02. The Balaban J connectivity index is 2.99. The summed E-state index contributed by atoms with van der Waals surface area (Å²) in [6.45, 7) is 0. The Morgan fingerprint density at radius 1 is 1.11 bits per heavy atom. The molecule has 0 bridgehead atoms. The van der Waals surface area contributed by atoms with Crippen LogP contribution in [-0.2, 0) is 4.79 Å². The van der Waals surface area contributed by atoms with Gasteiger partial charge in [-0.15, -0.1) is 0 Å². The van der Waals surface area contributed by atoms with Gasteiger partial charge >= 0.3 is 18.0 Å². The van der Waals surface area contributed by atoms with Crippen molar-refractivity contribution >= 4 is 11.6 Å². The first-order chi connectivity index (χ1) is 8.61. The summed E-state index contributed by atoms with van der Waals surface area (Å²) in [7, 11) is 2.20. The van der Waals surface area contributed by atoms with E-state index in [2.05, 4.69) is 0 Å². The summed E-state index contributed by atoms with van der Waals surface area (Å²) >= 11 is 0. The first-order valence-electron chi connectivity index (χ1n) is 4.98. The third-order valence-corrected chi connectivity index (χ3v) is 2.39. The molecule has 0 saturated heterocycles. The average Bonchev–Trinajstić information content (AvgIpc) is 2.35. The van der Waals surface area contributed by atoms with E-state index in [1.54, 1.807) is 0 Å². The number of benzene rings is 1. The highest BCUT2D eigenvalue weighted by Crippen LogP contribution is 2.37. The van der Waals surface area contributed by atoms with Gasteiger partial charge in [0, 0.05) is 12.7 Å². The minimum atomic E-state index is -5.93. The van der Waals surface area contributed by atoms with E-state index in [1.807, 2.05) is 0 Å². The van der Waals surface area contributed by atoms with E-state index in [-0.39, 0.29) is 10.6 Å². The minimum Gasteiger partial charge on any atom is -0.497 e. The summed E-state index contributed by atoms with van der Waals surface area (Å²) in [5.74, 6) is -7.39. The van der Waals surface area contributed by atoms with E-state index >= 15 is 0 Å². The molecule has 0 unspecified atom stereocenters. The van der Waals surface area contributed by atoms with Crippen LogP contribution in [0.3, 0.4) is 0 Å². The summed E-state index contributed by atoms with van der Waals surface area (Å²) < 4.78 is 66.7. The maximum atomic E-state index is 12.9. The van der Waals surface area contributed by atoms with Crippen LogP contribution in [0, 0.1) is 0 Å². The summed E-state index contributed by atoms with van der Waals surface area (Å²) in [5.41, 5.74) is -0.102. The molecule has 0 radical (unpaired) electrons. The highest BCUT2D eigenvalue weighted by Gasteiger charge is 2.64. The Morgan fingerprint density at radius 3 is 1.95 bits per heavy atom. The molecular weight excluding hydrogens is 273 g/mol. The number of ether oxygens (including phenoxy) is 1. The Bertz CT molecular complexity index is 455. The van der Waals surface area contributed by atoms with Crippen LogP contribution in [0.4, 0.5) is 27.6 Å². The molecule has 1 aromatic rings. The number of methoxy groups -OCH3 is 1. The Morgan fingerprint density at radius 2 is 1.58 bits per heavy atom. The Hall–Kier alpha value is -1.86. The summed E-state index contributed by atoms with van der Waals surface area (Å²) in [5, 5.41) is 0. The summed E-state index contributed by atoms with van der Waals surface area (Å²) in [6.07, 6.45) is -5.93. The van der Waals surface area contributed by atoms with Crippen molar-refractivity contribution in [3.05, 3.63) is 24.3 Å². The summed E-state index contributed by atoms with van der Waals surface area (Å²) in [4.78, 5) is 11.4. The number of amides is 1. The number of alkyl halides is 5. The van der Waals surface area contributed by atoms with Gasteiger partial charge in [-0.25, -0.2) is 0 Å². The molecule has 0 N–H and O–H groups in total. The molecule has 0 fully saturated rings. The molecule has 3 nitrogen and oxygen atoms in total. The van der Waals surface area contributed by atoms with Gasteiger partial charge in [0.1, 0.15) is 5.75 Å². The monoisotopic (exact) mass is 283 g/mol. The zero-order valence-corrected chi connectivity index (χ0v) is 9.96. The van der Waals surface area contributed by atoms with Gasteiger partial charge in [-0.2, -0.15) is 22.0 Å². The van der Waals surface area contributed by atoms with Gasteiger partial charge in [0.2, 0.25) is 0 Å². The van der Waals surface area contributed by atoms with Crippen molar-refractivity contribution in [3.63, 3.8) is 0 Å². The molecule has 19 heavy (non-hydrogen) atoms. The zero-order chi connectivity index (χ0) is 14.8. The van der Waals surface area contributed by atoms with E-state index in [0.717, 1.165) is 7.05 Å². The number of halogens is 5. The van der Waals surface area contributed by atoms with Gasteiger partial charge in [0.05, 0.1) is 7.11 Å². The van der Waals surface area contributed by atoms with Crippen molar-refractivity contribution in [1.29, 1.82) is 0 Å². The maximum Gasteiger partial charge on any atom is 0.463 e. The third-order valence-electron chi connectivity index (χ3n) is 2.39. The molecule has 1 rings (SSSR count). The molecule has 0 aliphatic rings. The fourth-order valence-corrected chi connectivity index (χ4v) is 1.25. The lowest BCUT2D eigenvalue weighted by molar-refractivity contribution is -0.268. The number of hydrogen-bond acceptors (Lipinski definition) is 2. The van der Waals surface area contributed by atoms with Crippen LogP contribution in [0.2, 0.25) is 0 Å². The van der Waals surface area contributed by atoms with E-state index in [1.165, 1.54) is 31.4 Å². The molecular formula is C11H10F5NO2. The van der Waals surface area contributed by atoms with Gasteiger partial charge < -0.3 is 9.64 Å². The molecule has 8 heteroatoms. The standard InChI is InChI=1S/C11H10F5NO2/c1-17(7-3-5-8(19-2)6-4-7)9(18)10(12,13)11(14,15)16/h3-6H,1-2H3. The average molecular weight is 283 g/mol. The van der Waals surface area contributed by atoms with Crippen LogP contribution in [0.15, 0.2) is 24.3 Å². The molecule has 1 aromatic carbocycles. The maximum absolute atomic E-state index is 12.9. The fraction of sp³-hybridized carbons (Fsp3) is 0.364. The quantitative estimate of drug-likeness (QED) is 0.798. The molecule has 1 amide bonds. The van der Waals surface area contributed by atoms with Crippen molar-refractivity contribution in [3.8, 4) is 5.75 Å². The fourth-order valence-electron chi connectivity index (χ4n) is 1.25. The van der Waals surface area contributed by atoms with Crippen LogP contribution < -0.4 is 9.64 Å². The van der Waals surface area contributed by atoms with E-state index in [9.17, 15) is 26.7 Å². The Kier molecular flexibility index (Phi) is 4.02. The van der Waals surface area contributed by atoms with Crippen molar-refractivity contribution in [2.24, 2.45) is 0 Å². The second-order valence-corrected chi connectivity index (χ2v) is 3.63. The molecule has 0 aliphatic heterocycles. The molecule has 106 valence electrons. The SMILES string of the molecule is COc1ccc(N(C)C(=O)C(F)(F)C(F)(F)F)cc1. The minimum absolute atomic E-state index is 0.102. The zero-order valence-electron chi connectivity index (χ0n) is 9.96. The van der Waals surface area contributed by atoms with Crippen molar-refractivity contribution < 1.29 is 31.5 Å². The first-order valence-corrected chi connectivity index (χ1v) is 4.98. The van der Waals surface area contributed by atoms with Crippen molar-refractivity contribution in [2.45, 2.75) is 12.1 Å². The van der Waals surface area contributed by atoms with Crippen molar-refractivity contribution in [2.75, 3.05) is 19.1 Å². The molecule has 0 spiro atoms. The number of anilines is 1. The predicted molar refractivity (Wildman–Crippen MR) is 57.4 cm³/mol.